The van der Waals surface area contributed by atoms with Gasteiger partial charge in [0.2, 0.25) is 5.95 Å². The molecule has 0 saturated heterocycles. The monoisotopic (exact) mass is 486 g/mol. The third-order valence-electron chi connectivity index (χ3n) is 6.27. The Bertz CT molecular complexity index is 1140. The van der Waals surface area contributed by atoms with Crippen molar-refractivity contribution in [1.82, 2.24) is 15.0 Å². The van der Waals surface area contributed by atoms with Gasteiger partial charge in [0.05, 0.1) is 39.3 Å². The predicted octanol–water partition coefficient (Wildman–Crippen LogP) is 5.58. The maximum Gasteiger partial charge on any atom is 0.306 e. The molecule has 1 saturated carbocycles. The van der Waals surface area contributed by atoms with Crippen LogP contribution >= 0.6 is 22.9 Å². The SMILES string of the molecule is Cc1cc(Nc2ncc(Cl)c(C)n2)cc(-c2cnc(C(CO)C3CCC(C(=O)O)CC3)s2)c1. The van der Waals surface area contributed by atoms with E-state index in [9.17, 15) is 15.0 Å². The summed E-state index contributed by atoms with van der Waals surface area (Å²) in [4.78, 5) is 25.5. The van der Waals surface area contributed by atoms with Crippen molar-refractivity contribution in [3.8, 4) is 10.4 Å². The van der Waals surface area contributed by atoms with Crippen molar-refractivity contribution in [1.29, 1.82) is 0 Å². The van der Waals surface area contributed by atoms with Crippen LogP contribution in [-0.2, 0) is 4.79 Å². The van der Waals surface area contributed by atoms with Crippen molar-refractivity contribution in [3.05, 3.63) is 51.9 Å². The lowest BCUT2D eigenvalue weighted by molar-refractivity contribution is -0.143. The predicted molar refractivity (Wildman–Crippen MR) is 130 cm³/mol. The molecule has 1 aromatic carbocycles. The van der Waals surface area contributed by atoms with Gasteiger partial charge in [0, 0.05) is 17.8 Å². The second kappa shape index (κ2) is 10.2. The van der Waals surface area contributed by atoms with Crippen LogP contribution in [0.5, 0.6) is 0 Å². The van der Waals surface area contributed by atoms with Crippen molar-refractivity contribution < 1.29 is 15.0 Å². The van der Waals surface area contributed by atoms with Crippen molar-refractivity contribution in [2.24, 2.45) is 11.8 Å². The maximum atomic E-state index is 11.3. The fraction of sp³-hybridized carbons (Fsp3) is 0.417. The molecule has 2 aromatic heterocycles. The Kier molecular flexibility index (Phi) is 7.26. The molecular weight excluding hydrogens is 460 g/mol. The zero-order valence-electron chi connectivity index (χ0n) is 18.6. The Morgan fingerprint density at radius 2 is 1.94 bits per heavy atom. The summed E-state index contributed by atoms with van der Waals surface area (Å²) in [6.45, 7) is 3.88. The van der Waals surface area contributed by atoms with E-state index in [1.807, 2.05) is 32.2 Å². The number of hydrogen-bond acceptors (Lipinski definition) is 7. The van der Waals surface area contributed by atoms with Crippen LogP contribution in [-0.4, -0.2) is 37.7 Å². The summed E-state index contributed by atoms with van der Waals surface area (Å²) < 4.78 is 0. The molecule has 0 spiro atoms. The number of aryl methyl sites for hydroxylation is 2. The Balaban J connectivity index is 1.52. The van der Waals surface area contributed by atoms with E-state index < -0.39 is 5.97 Å². The molecule has 1 fully saturated rings. The standard InChI is InChI=1S/C24H27ClN4O3S/c1-13-7-17(9-18(8-13)29-24-27-10-20(25)14(2)28-24)21-11-26-22(33-21)19(12-30)15-3-5-16(6-4-15)23(31)32/h7-11,15-16,19,30H,3-6,12H2,1-2H3,(H,31,32)(H,27,28,29). The van der Waals surface area contributed by atoms with Crippen LogP contribution in [0.1, 0.15) is 47.9 Å². The summed E-state index contributed by atoms with van der Waals surface area (Å²) in [5, 5.41) is 24.0. The van der Waals surface area contributed by atoms with Gasteiger partial charge in [0.15, 0.2) is 0 Å². The fourth-order valence-electron chi connectivity index (χ4n) is 4.43. The van der Waals surface area contributed by atoms with Gasteiger partial charge in [-0.1, -0.05) is 17.7 Å². The Morgan fingerprint density at radius 1 is 1.18 bits per heavy atom. The molecule has 174 valence electrons. The summed E-state index contributed by atoms with van der Waals surface area (Å²) in [7, 11) is 0. The number of carboxylic acid groups (broad SMARTS) is 1. The van der Waals surface area contributed by atoms with E-state index >= 15 is 0 Å². The lowest BCUT2D eigenvalue weighted by atomic mass is 9.76. The number of nitrogens with one attached hydrogen (secondary N) is 1. The van der Waals surface area contributed by atoms with Gasteiger partial charge >= 0.3 is 5.97 Å². The molecule has 33 heavy (non-hydrogen) atoms. The molecule has 0 amide bonds. The van der Waals surface area contributed by atoms with Crippen LogP contribution in [0.25, 0.3) is 10.4 Å². The molecule has 9 heteroatoms. The van der Waals surface area contributed by atoms with E-state index in [0.29, 0.717) is 29.5 Å². The molecule has 0 radical (unpaired) electrons. The van der Waals surface area contributed by atoms with Gasteiger partial charge in [-0.2, -0.15) is 0 Å². The first-order valence-corrected chi connectivity index (χ1v) is 12.2. The van der Waals surface area contributed by atoms with Gasteiger partial charge in [-0.05, 0) is 68.7 Å². The molecular formula is C24H27ClN4O3S. The lowest BCUT2D eigenvalue weighted by Gasteiger charge is -2.30. The number of benzene rings is 1. The second-order valence-corrected chi connectivity index (χ2v) is 10.1. The third-order valence-corrected chi connectivity index (χ3v) is 7.81. The number of aliphatic carboxylic acids is 1. The Hall–Kier alpha value is -2.55. The first-order chi connectivity index (χ1) is 15.8. The number of aliphatic hydroxyl groups is 1. The number of hydrogen-bond donors (Lipinski definition) is 3. The number of carbonyl (C=O) groups is 1. The minimum absolute atomic E-state index is 0.0171. The molecule has 0 aliphatic heterocycles. The van der Waals surface area contributed by atoms with Crippen molar-refractivity contribution in [3.63, 3.8) is 0 Å². The number of carboxylic acids is 1. The Labute approximate surface area is 201 Å². The van der Waals surface area contributed by atoms with E-state index in [1.165, 1.54) is 0 Å². The smallest absolute Gasteiger partial charge is 0.306 e. The minimum atomic E-state index is -0.714. The molecule has 1 aliphatic carbocycles. The first kappa shape index (κ1) is 23.6. The number of halogens is 1. The summed E-state index contributed by atoms with van der Waals surface area (Å²) >= 11 is 7.61. The zero-order chi connectivity index (χ0) is 23.5. The van der Waals surface area contributed by atoms with Gasteiger partial charge in [0.1, 0.15) is 0 Å². The van der Waals surface area contributed by atoms with E-state index in [2.05, 4.69) is 26.3 Å². The van der Waals surface area contributed by atoms with E-state index in [-0.39, 0.29) is 24.4 Å². The number of aliphatic hydroxyl groups excluding tert-OH is 1. The molecule has 0 bridgehead atoms. The molecule has 4 rings (SSSR count). The average Bonchev–Trinajstić information content (AvgIpc) is 3.27. The topological polar surface area (TPSA) is 108 Å². The number of nitrogens with zero attached hydrogens (tertiary/aromatic N) is 3. The summed E-state index contributed by atoms with van der Waals surface area (Å²) in [6, 6.07) is 6.16. The highest BCUT2D eigenvalue weighted by atomic mass is 35.5. The first-order valence-electron chi connectivity index (χ1n) is 11.0. The van der Waals surface area contributed by atoms with Gasteiger partial charge in [-0.15, -0.1) is 11.3 Å². The minimum Gasteiger partial charge on any atom is -0.481 e. The molecule has 3 N–H and O–H groups in total. The van der Waals surface area contributed by atoms with Crippen molar-refractivity contribution in [2.45, 2.75) is 45.4 Å². The van der Waals surface area contributed by atoms with Crippen LogP contribution in [0, 0.1) is 25.7 Å². The molecule has 2 heterocycles. The maximum absolute atomic E-state index is 11.3. The highest BCUT2D eigenvalue weighted by molar-refractivity contribution is 7.15. The summed E-state index contributed by atoms with van der Waals surface area (Å²) in [5.74, 6) is -0.306. The summed E-state index contributed by atoms with van der Waals surface area (Å²) in [6.07, 6.45) is 6.36. The van der Waals surface area contributed by atoms with Crippen molar-refractivity contribution >= 4 is 40.5 Å². The Morgan fingerprint density at radius 3 is 2.61 bits per heavy atom. The van der Waals surface area contributed by atoms with Crippen LogP contribution in [0.15, 0.2) is 30.6 Å². The normalized spacial score (nSPS) is 19.3. The van der Waals surface area contributed by atoms with Gasteiger partial charge in [-0.25, -0.2) is 15.0 Å². The number of anilines is 2. The third kappa shape index (κ3) is 5.51. The second-order valence-electron chi connectivity index (χ2n) is 8.64. The quantitative estimate of drug-likeness (QED) is 0.400. The van der Waals surface area contributed by atoms with Crippen LogP contribution in [0.2, 0.25) is 5.02 Å². The van der Waals surface area contributed by atoms with Crippen LogP contribution < -0.4 is 5.32 Å². The van der Waals surface area contributed by atoms with E-state index in [4.69, 9.17) is 11.6 Å². The largest absolute Gasteiger partial charge is 0.481 e. The van der Waals surface area contributed by atoms with Gasteiger partial charge in [0.25, 0.3) is 0 Å². The van der Waals surface area contributed by atoms with Crippen LogP contribution in [0.3, 0.4) is 0 Å². The van der Waals surface area contributed by atoms with Crippen molar-refractivity contribution in [2.75, 3.05) is 11.9 Å². The zero-order valence-corrected chi connectivity index (χ0v) is 20.2. The van der Waals surface area contributed by atoms with Gasteiger partial charge in [-0.3, -0.25) is 4.79 Å². The molecule has 7 nitrogen and oxygen atoms in total. The summed E-state index contributed by atoms with van der Waals surface area (Å²) in [5.41, 5.74) is 3.69. The molecule has 1 atom stereocenters. The number of thiazole rings is 1. The fourth-order valence-corrected chi connectivity index (χ4v) is 5.61. The number of rotatable bonds is 7. The molecule has 1 unspecified atom stereocenters. The average molecular weight is 487 g/mol. The number of aromatic nitrogens is 3. The lowest BCUT2D eigenvalue weighted by Crippen LogP contribution is -2.26. The van der Waals surface area contributed by atoms with Crippen LogP contribution in [0.4, 0.5) is 11.6 Å². The highest BCUT2D eigenvalue weighted by Crippen LogP contribution is 2.41. The molecule has 1 aliphatic rings. The van der Waals surface area contributed by atoms with Gasteiger partial charge < -0.3 is 15.5 Å². The van der Waals surface area contributed by atoms with E-state index in [1.54, 1.807) is 17.5 Å². The molecule has 3 aromatic rings. The van der Waals surface area contributed by atoms with E-state index in [0.717, 1.165) is 39.5 Å². The highest BCUT2D eigenvalue weighted by Gasteiger charge is 2.32.